The molecule has 1 fully saturated rings. The summed E-state index contributed by atoms with van der Waals surface area (Å²) in [5.74, 6) is 0.174. The van der Waals surface area contributed by atoms with Crippen LogP contribution in [-0.2, 0) is 20.9 Å². The molecule has 0 saturated heterocycles. The summed E-state index contributed by atoms with van der Waals surface area (Å²) in [5.41, 5.74) is 1.20. The molecule has 0 aliphatic heterocycles. The molecule has 0 radical (unpaired) electrons. The first kappa shape index (κ1) is 20.3. The number of H-pyrrole nitrogens is 1. The molecule has 1 aliphatic rings. The Morgan fingerprint density at radius 3 is 2.61 bits per heavy atom. The fourth-order valence-electron chi connectivity index (χ4n) is 3.62. The van der Waals surface area contributed by atoms with Crippen molar-refractivity contribution in [2.24, 2.45) is 0 Å². The van der Waals surface area contributed by atoms with E-state index in [1.54, 1.807) is 6.92 Å². The standard InChI is InChI=1S/C20H26N4O3S/c1-3-27-18(26)20(11-4-5-12-20)21-16(25)10-13-24-17(22-23-19(24)28)15-8-6-14(2)7-9-15/h6-9H,3-5,10-13H2,1-2H3,(H,21,25)(H,23,28). The van der Waals surface area contributed by atoms with Crippen molar-refractivity contribution < 1.29 is 14.3 Å². The van der Waals surface area contributed by atoms with E-state index < -0.39 is 5.54 Å². The van der Waals surface area contributed by atoms with Crippen LogP contribution in [0, 0.1) is 11.7 Å². The van der Waals surface area contributed by atoms with Crippen molar-refractivity contribution in [2.45, 2.75) is 58.0 Å². The van der Waals surface area contributed by atoms with Crippen molar-refractivity contribution in [3.63, 3.8) is 0 Å². The zero-order valence-electron chi connectivity index (χ0n) is 16.3. The number of ether oxygens (including phenoxy) is 1. The third-order valence-corrected chi connectivity index (χ3v) is 5.44. The highest BCUT2D eigenvalue weighted by Crippen LogP contribution is 2.31. The predicted molar refractivity (Wildman–Crippen MR) is 108 cm³/mol. The highest BCUT2D eigenvalue weighted by atomic mass is 32.1. The van der Waals surface area contributed by atoms with Gasteiger partial charge in [0.2, 0.25) is 5.91 Å². The van der Waals surface area contributed by atoms with Gasteiger partial charge in [0, 0.05) is 18.5 Å². The van der Waals surface area contributed by atoms with Crippen LogP contribution >= 0.6 is 12.2 Å². The monoisotopic (exact) mass is 402 g/mol. The van der Waals surface area contributed by atoms with Crippen molar-refractivity contribution in [1.82, 2.24) is 20.1 Å². The van der Waals surface area contributed by atoms with Gasteiger partial charge < -0.3 is 10.1 Å². The third kappa shape index (κ3) is 4.32. The first-order chi connectivity index (χ1) is 13.4. The topological polar surface area (TPSA) is 89.0 Å². The Kier molecular flexibility index (Phi) is 6.28. The molecule has 7 nitrogen and oxygen atoms in total. The number of esters is 1. The second kappa shape index (κ2) is 8.68. The maximum Gasteiger partial charge on any atom is 0.331 e. The number of carbonyl (C=O) groups excluding carboxylic acids is 2. The fraction of sp³-hybridized carbons (Fsp3) is 0.500. The maximum absolute atomic E-state index is 12.6. The quantitative estimate of drug-likeness (QED) is 0.548. The molecule has 1 aromatic heterocycles. The molecule has 8 heteroatoms. The molecule has 1 aromatic carbocycles. The van der Waals surface area contributed by atoms with Crippen LogP contribution in [0.3, 0.4) is 0 Å². The number of amides is 1. The van der Waals surface area contributed by atoms with Crippen molar-refractivity contribution in [1.29, 1.82) is 0 Å². The summed E-state index contributed by atoms with van der Waals surface area (Å²) < 4.78 is 7.47. The Morgan fingerprint density at radius 1 is 1.29 bits per heavy atom. The van der Waals surface area contributed by atoms with E-state index in [2.05, 4.69) is 15.5 Å². The van der Waals surface area contributed by atoms with Crippen LogP contribution in [0.1, 0.15) is 44.6 Å². The van der Waals surface area contributed by atoms with Crippen molar-refractivity contribution in [3.05, 3.63) is 34.6 Å². The van der Waals surface area contributed by atoms with E-state index in [1.807, 2.05) is 35.8 Å². The highest BCUT2D eigenvalue weighted by molar-refractivity contribution is 7.71. The SMILES string of the molecule is CCOC(=O)C1(NC(=O)CCn2c(-c3ccc(C)cc3)n[nH]c2=S)CCCC1. The lowest BCUT2D eigenvalue weighted by Crippen LogP contribution is -2.53. The van der Waals surface area contributed by atoms with Crippen molar-refractivity contribution in [3.8, 4) is 11.4 Å². The summed E-state index contributed by atoms with van der Waals surface area (Å²) in [5, 5.41) is 10.0. The average Bonchev–Trinajstić information content (AvgIpc) is 3.29. The van der Waals surface area contributed by atoms with E-state index in [4.69, 9.17) is 17.0 Å². The minimum Gasteiger partial charge on any atom is -0.464 e. The van der Waals surface area contributed by atoms with Gasteiger partial charge in [0.15, 0.2) is 10.6 Å². The number of aromatic nitrogens is 3. The normalized spacial score (nSPS) is 15.4. The van der Waals surface area contributed by atoms with Gasteiger partial charge in [-0.1, -0.05) is 42.7 Å². The second-order valence-electron chi connectivity index (χ2n) is 7.18. The zero-order chi connectivity index (χ0) is 20.1. The lowest BCUT2D eigenvalue weighted by molar-refractivity contribution is -0.153. The molecule has 150 valence electrons. The van der Waals surface area contributed by atoms with Gasteiger partial charge in [0.25, 0.3) is 0 Å². The summed E-state index contributed by atoms with van der Waals surface area (Å²) in [6.07, 6.45) is 3.26. The van der Waals surface area contributed by atoms with Gasteiger partial charge in [-0.3, -0.25) is 14.5 Å². The Bertz CT molecular complexity index is 895. The molecule has 0 atom stereocenters. The Labute approximate surface area is 169 Å². The van der Waals surface area contributed by atoms with E-state index >= 15 is 0 Å². The van der Waals surface area contributed by atoms with Crippen molar-refractivity contribution in [2.75, 3.05) is 6.61 Å². The van der Waals surface area contributed by atoms with Crippen LogP contribution in [0.5, 0.6) is 0 Å². The zero-order valence-corrected chi connectivity index (χ0v) is 17.1. The largest absolute Gasteiger partial charge is 0.464 e. The number of aromatic amines is 1. The molecule has 1 amide bonds. The number of nitrogens with one attached hydrogen (secondary N) is 2. The average molecular weight is 403 g/mol. The fourth-order valence-corrected chi connectivity index (χ4v) is 3.84. The van der Waals surface area contributed by atoms with E-state index in [9.17, 15) is 9.59 Å². The number of carbonyl (C=O) groups is 2. The lowest BCUT2D eigenvalue weighted by atomic mass is 9.97. The summed E-state index contributed by atoms with van der Waals surface area (Å²) in [6.45, 7) is 4.48. The molecule has 0 bridgehead atoms. The predicted octanol–water partition coefficient (Wildman–Crippen LogP) is 3.30. The van der Waals surface area contributed by atoms with E-state index in [1.165, 1.54) is 0 Å². The van der Waals surface area contributed by atoms with Gasteiger partial charge in [-0.05, 0) is 38.9 Å². The molecule has 3 rings (SSSR count). The molecular weight excluding hydrogens is 376 g/mol. The molecule has 2 N–H and O–H groups in total. The van der Waals surface area contributed by atoms with Gasteiger partial charge >= 0.3 is 5.97 Å². The van der Waals surface area contributed by atoms with Crippen LogP contribution in [0.4, 0.5) is 0 Å². The molecule has 1 saturated carbocycles. The van der Waals surface area contributed by atoms with Crippen LogP contribution in [0.2, 0.25) is 0 Å². The maximum atomic E-state index is 12.6. The van der Waals surface area contributed by atoms with Gasteiger partial charge in [0.1, 0.15) is 5.54 Å². The molecule has 1 heterocycles. The van der Waals surface area contributed by atoms with Gasteiger partial charge in [-0.25, -0.2) is 4.79 Å². The summed E-state index contributed by atoms with van der Waals surface area (Å²) >= 11 is 5.33. The number of rotatable bonds is 7. The first-order valence-corrected chi connectivity index (χ1v) is 10.1. The van der Waals surface area contributed by atoms with Gasteiger partial charge in [0.05, 0.1) is 6.61 Å². The Hall–Kier alpha value is -2.48. The lowest BCUT2D eigenvalue weighted by Gasteiger charge is -2.27. The van der Waals surface area contributed by atoms with Gasteiger partial charge in [-0.15, -0.1) is 0 Å². The highest BCUT2D eigenvalue weighted by Gasteiger charge is 2.43. The molecule has 28 heavy (non-hydrogen) atoms. The first-order valence-electron chi connectivity index (χ1n) is 9.65. The minimum absolute atomic E-state index is 0.187. The number of hydrogen-bond acceptors (Lipinski definition) is 5. The summed E-state index contributed by atoms with van der Waals surface area (Å²) in [7, 11) is 0. The Morgan fingerprint density at radius 2 is 1.96 bits per heavy atom. The third-order valence-electron chi connectivity index (χ3n) is 5.13. The number of hydrogen-bond donors (Lipinski definition) is 2. The number of nitrogens with zero attached hydrogens (tertiary/aromatic N) is 2. The minimum atomic E-state index is -0.884. The second-order valence-corrected chi connectivity index (χ2v) is 7.56. The molecule has 0 spiro atoms. The van der Waals surface area contributed by atoms with Crippen molar-refractivity contribution >= 4 is 24.1 Å². The number of benzene rings is 1. The number of aryl methyl sites for hydroxylation is 1. The summed E-state index contributed by atoms with van der Waals surface area (Å²) in [4.78, 5) is 25.0. The molecular formula is C20H26N4O3S. The van der Waals surface area contributed by atoms with E-state index in [0.29, 0.717) is 36.6 Å². The van der Waals surface area contributed by atoms with E-state index in [-0.39, 0.29) is 18.3 Å². The van der Waals surface area contributed by atoms with Gasteiger partial charge in [-0.2, -0.15) is 5.10 Å². The van der Waals surface area contributed by atoms with Crippen LogP contribution in [0.25, 0.3) is 11.4 Å². The van der Waals surface area contributed by atoms with Crippen LogP contribution in [0.15, 0.2) is 24.3 Å². The smallest absolute Gasteiger partial charge is 0.331 e. The molecule has 0 unspecified atom stereocenters. The Balaban J connectivity index is 1.70. The summed E-state index contributed by atoms with van der Waals surface area (Å²) in [6, 6.07) is 7.97. The molecule has 2 aromatic rings. The molecule has 1 aliphatic carbocycles. The van der Waals surface area contributed by atoms with Crippen LogP contribution in [-0.4, -0.2) is 38.8 Å². The van der Waals surface area contributed by atoms with E-state index in [0.717, 1.165) is 24.0 Å². The van der Waals surface area contributed by atoms with Crippen LogP contribution < -0.4 is 5.32 Å².